The molecule has 0 saturated heterocycles. The maximum atomic E-state index is 12.1. The predicted molar refractivity (Wildman–Crippen MR) is 118 cm³/mol. The molecule has 1 aromatic carbocycles. The lowest BCUT2D eigenvalue weighted by atomic mass is 10.3. The number of sulfonamides is 1. The van der Waals surface area contributed by atoms with Crippen molar-refractivity contribution in [1.82, 2.24) is 14.9 Å². The van der Waals surface area contributed by atoms with Gasteiger partial charge in [0.2, 0.25) is 10.0 Å². The normalized spacial score (nSPS) is 11.8. The summed E-state index contributed by atoms with van der Waals surface area (Å²) >= 11 is 0. The van der Waals surface area contributed by atoms with Crippen LogP contribution < -0.4 is 15.4 Å². The third-order valence-corrected chi connectivity index (χ3v) is 5.47. The number of aliphatic imine (C=N–C) groups is 1. The van der Waals surface area contributed by atoms with E-state index < -0.39 is 10.0 Å². The van der Waals surface area contributed by atoms with Crippen molar-refractivity contribution in [2.24, 2.45) is 4.99 Å². The Morgan fingerprint density at radius 3 is 2.35 bits per heavy atom. The number of halogens is 1. The molecule has 0 saturated carbocycles. The Labute approximate surface area is 174 Å². The van der Waals surface area contributed by atoms with E-state index in [0.29, 0.717) is 38.7 Å². The van der Waals surface area contributed by atoms with Crippen LogP contribution in [0.2, 0.25) is 0 Å². The zero-order chi connectivity index (χ0) is 18.5. The molecule has 0 aliphatic heterocycles. The zero-order valence-corrected chi connectivity index (χ0v) is 18.9. The van der Waals surface area contributed by atoms with Gasteiger partial charge in [0.05, 0.1) is 18.8 Å². The van der Waals surface area contributed by atoms with Crippen molar-refractivity contribution >= 4 is 40.0 Å². The maximum Gasteiger partial charge on any atom is 0.215 e. The number of guanidine groups is 1. The molecule has 2 N–H and O–H groups in total. The first-order chi connectivity index (χ1) is 12.0. The molecule has 1 rings (SSSR count). The van der Waals surface area contributed by atoms with Gasteiger partial charge in [-0.25, -0.2) is 12.7 Å². The third-order valence-electron chi connectivity index (χ3n) is 3.47. The first kappa shape index (κ1) is 24.9. The predicted octanol–water partition coefficient (Wildman–Crippen LogP) is 1.91. The summed E-state index contributed by atoms with van der Waals surface area (Å²) in [5.41, 5.74) is 0. The Hall–Kier alpha value is -1.07. The zero-order valence-electron chi connectivity index (χ0n) is 15.8. The first-order valence-electron chi connectivity index (χ1n) is 8.71. The maximum absolute atomic E-state index is 12.1. The van der Waals surface area contributed by atoms with Gasteiger partial charge in [0.1, 0.15) is 12.4 Å². The summed E-state index contributed by atoms with van der Waals surface area (Å²) in [6.07, 6.45) is 0. The van der Waals surface area contributed by atoms with Crippen LogP contribution >= 0.6 is 24.0 Å². The van der Waals surface area contributed by atoms with Crippen LogP contribution in [-0.4, -0.2) is 63.8 Å². The second-order valence-electron chi connectivity index (χ2n) is 5.25. The van der Waals surface area contributed by atoms with Gasteiger partial charge in [0, 0.05) is 19.6 Å². The number of rotatable bonds is 11. The minimum Gasteiger partial charge on any atom is -0.492 e. The van der Waals surface area contributed by atoms with Crippen LogP contribution in [0.1, 0.15) is 20.8 Å². The third kappa shape index (κ3) is 9.58. The molecule has 9 heteroatoms. The van der Waals surface area contributed by atoms with Gasteiger partial charge >= 0.3 is 0 Å². The summed E-state index contributed by atoms with van der Waals surface area (Å²) in [6.45, 7) is 8.59. The van der Waals surface area contributed by atoms with Crippen LogP contribution in [0, 0.1) is 0 Å². The Kier molecular flexibility index (Phi) is 13.5. The lowest BCUT2D eigenvalue weighted by Crippen LogP contribution is -2.40. The number of benzene rings is 1. The van der Waals surface area contributed by atoms with Gasteiger partial charge in [-0.2, -0.15) is 0 Å². The number of para-hydroxylation sites is 1. The van der Waals surface area contributed by atoms with Crippen molar-refractivity contribution in [2.75, 3.05) is 45.1 Å². The second-order valence-corrected chi connectivity index (χ2v) is 7.34. The highest BCUT2D eigenvalue weighted by Gasteiger charge is 2.17. The Balaban J connectivity index is 0.00000625. The van der Waals surface area contributed by atoms with Crippen molar-refractivity contribution in [3.8, 4) is 5.75 Å². The van der Waals surface area contributed by atoms with Gasteiger partial charge in [0.15, 0.2) is 5.96 Å². The Morgan fingerprint density at radius 1 is 1.12 bits per heavy atom. The molecule has 0 radical (unpaired) electrons. The molecular formula is C17H31IN4O3S. The topological polar surface area (TPSA) is 83.0 Å². The van der Waals surface area contributed by atoms with Crippen LogP contribution in [0.4, 0.5) is 0 Å². The monoisotopic (exact) mass is 498 g/mol. The molecule has 0 bridgehead atoms. The fraction of sp³-hybridized carbons (Fsp3) is 0.588. The largest absolute Gasteiger partial charge is 0.492 e. The van der Waals surface area contributed by atoms with Gasteiger partial charge in [0.25, 0.3) is 0 Å². The minimum atomic E-state index is -3.25. The fourth-order valence-electron chi connectivity index (χ4n) is 2.22. The SMILES string of the molecule is CCNC(=NCCS(=O)(=O)N(CC)CC)NCCOc1ccccc1.I. The first-order valence-corrected chi connectivity index (χ1v) is 10.3. The molecule has 0 aliphatic rings. The molecule has 0 spiro atoms. The van der Waals surface area contributed by atoms with Gasteiger partial charge in [-0.15, -0.1) is 24.0 Å². The molecule has 1 aromatic rings. The molecule has 0 heterocycles. The van der Waals surface area contributed by atoms with E-state index in [0.717, 1.165) is 5.75 Å². The molecular weight excluding hydrogens is 467 g/mol. The van der Waals surface area contributed by atoms with Gasteiger partial charge in [-0.3, -0.25) is 4.99 Å². The van der Waals surface area contributed by atoms with Gasteiger partial charge < -0.3 is 15.4 Å². The van der Waals surface area contributed by atoms with E-state index in [4.69, 9.17) is 4.74 Å². The van der Waals surface area contributed by atoms with E-state index in [1.165, 1.54) is 4.31 Å². The molecule has 0 aliphatic carbocycles. The van der Waals surface area contributed by atoms with Crippen LogP contribution in [0.3, 0.4) is 0 Å². The number of hydrogen-bond acceptors (Lipinski definition) is 4. The summed E-state index contributed by atoms with van der Waals surface area (Å²) in [6, 6.07) is 9.58. The highest BCUT2D eigenvalue weighted by Crippen LogP contribution is 2.07. The summed E-state index contributed by atoms with van der Waals surface area (Å²) in [5, 5.41) is 6.24. The lowest BCUT2D eigenvalue weighted by molar-refractivity contribution is 0.322. The second kappa shape index (κ2) is 14.0. The number of nitrogens with zero attached hydrogens (tertiary/aromatic N) is 2. The minimum absolute atomic E-state index is 0. The summed E-state index contributed by atoms with van der Waals surface area (Å²) in [5.74, 6) is 1.41. The van der Waals surface area contributed by atoms with Crippen molar-refractivity contribution in [1.29, 1.82) is 0 Å². The summed E-state index contributed by atoms with van der Waals surface area (Å²) in [7, 11) is -3.25. The average molecular weight is 498 g/mol. The van der Waals surface area contributed by atoms with E-state index in [-0.39, 0.29) is 36.3 Å². The fourth-order valence-corrected chi connectivity index (χ4v) is 3.58. The Morgan fingerprint density at radius 2 is 1.77 bits per heavy atom. The Bertz CT molecular complexity index is 608. The van der Waals surface area contributed by atoms with E-state index >= 15 is 0 Å². The molecule has 150 valence electrons. The standard InChI is InChI=1S/C17H30N4O3S.HI/c1-4-18-17(19-12-14-24-16-10-8-7-9-11-16)20-13-15-25(22,23)21(5-2)6-3;/h7-11H,4-6,12-15H2,1-3H3,(H2,18,19,20);1H. The van der Waals surface area contributed by atoms with Crippen molar-refractivity contribution in [3.05, 3.63) is 30.3 Å². The van der Waals surface area contributed by atoms with Crippen LogP contribution in [0.5, 0.6) is 5.75 Å². The number of hydrogen-bond donors (Lipinski definition) is 2. The smallest absolute Gasteiger partial charge is 0.215 e. The van der Waals surface area contributed by atoms with E-state index in [9.17, 15) is 8.42 Å². The van der Waals surface area contributed by atoms with Gasteiger partial charge in [-0.05, 0) is 19.1 Å². The van der Waals surface area contributed by atoms with Crippen molar-refractivity contribution < 1.29 is 13.2 Å². The molecule has 7 nitrogen and oxygen atoms in total. The summed E-state index contributed by atoms with van der Waals surface area (Å²) < 4.78 is 31.4. The van der Waals surface area contributed by atoms with Crippen molar-refractivity contribution in [2.45, 2.75) is 20.8 Å². The molecule has 26 heavy (non-hydrogen) atoms. The van der Waals surface area contributed by atoms with E-state index in [2.05, 4.69) is 15.6 Å². The van der Waals surface area contributed by atoms with Crippen LogP contribution in [0.25, 0.3) is 0 Å². The molecule has 0 atom stereocenters. The summed E-state index contributed by atoms with van der Waals surface area (Å²) in [4.78, 5) is 4.33. The van der Waals surface area contributed by atoms with E-state index in [1.807, 2.05) is 51.1 Å². The number of ether oxygens (including phenoxy) is 1. The molecule has 0 aromatic heterocycles. The number of nitrogens with one attached hydrogen (secondary N) is 2. The van der Waals surface area contributed by atoms with Crippen molar-refractivity contribution in [3.63, 3.8) is 0 Å². The molecule has 0 fully saturated rings. The highest BCUT2D eigenvalue weighted by molar-refractivity contribution is 14.0. The quantitative estimate of drug-likeness (QED) is 0.211. The van der Waals surface area contributed by atoms with Crippen LogP contribution in [-0.2, 0) is 10.0 Å². The lowest BCUT2D eigenvalue weighted by Gasteiger charge is -2.18. The van der Waals surface area contributed by atoms with Gasteiger partial charge in [-0.1, -0.05) is 32.0 Å². The van der Waals surface area contributed by atoms with E-state index in [1.54, 1.807) is 0 Å². The average Bonchev–Trinajstić information content (AvgIpc) is 2.60. The van der Waals surface area contributed by atoms with Crippen LogP contribution in [0.15, 0.2) is 35.3 Å². The molecule has 0 amide bonds. The highest BCUT2D eigenvalue weighted by atomic mass is 127. The molecule has 0 unspecified atom stereocenters.